The van der Waals surface area contributed by atoms with Crippen LogP contribution < -0.4 is 10.1 Å². The number of rotatable bonds is 10. The molecule has 0 saturated heterocycles. The van der Waals surface area contributed by atoms with E-state index < -0.39 is 6.04 Å². The minimum Gasteiger partial charge on any atom is -0.484 e. The Morgan fingerprint density at radius 3 is 2.28 bits per heavy atom. The summed E-state index contributed by atoms with van der Waals surface area (Å²) in [5.41, 5.74) is 3.03. The number of amides is 2. The van der Waals surface area contributed by atoms with Gasteiger partial charge >= 0.3 is 0 Å². The SMILES string of the molecule is Cc1ccc(CN(C(=O)COc2ccc(F)cc2)[C@H](Cc2ccccc2)C(=O)NC2CCCC2)cc1. The summed E-state index contributed by atoms with van der Waals surface area (Å²) >= 11 is 0. The molecular weight excluding hydrogens is 455 g/mol. The lowest BCUT2D eigenvalue weighted by Gasteiger charge is -2.32. The molecule has 188 valence electrons. The number of hydrogen-bond donors (Lipinski definition) is 1. The van der Waals surface area contributed by atoms with E-state index in [0.29, 0.717) is 12.2 Å². The first kappa shape index (κ1) is 25.4. The van der Waals surface area contributed by atoms with E-state index in [9.17, 15) is 14.0 Å². The Bertz CT molecular complexity index is 1130. The monoisotopic (exact) mass is 488 g/mol. The van der Waals surface area contributed by atoms with Crippen LogP contribution in [0.3, 0.4) is 0 Å². The predicted molar refractivity (Wildman–Crippen MR) is 138 cm³/mol. The summed E-state index contributed by atoms with van der Waals surface area (Å²) < 4.78 is 19.0. The largest absolute Gasteiger partial charge is 0.484 e. The molecule has 1 atom stereocenters. The van der Waals surface area contributed by atoms with Crippen LogP contribution in [-0.2, 0) is 22.6 Å². The second-order valence-corrected chi connectivity index (χ2v) is 9.45. The number of carbonyl (C=O) groups is 2. The molecule has 0 spiro atoms. The molecule has 0 radical (unpaired) electrons. The van der Waals surface area contributed by atoms with E-state index in [1.807, 2.05) is 61.5 Å². The highest BCUT2D eigenvalue weighted by atomic mass is 19.1. The molecule has 0 heterocycles. The summed E-state index contributed by atoms with van der Waals surface area (Å²) in [4.78, 5) is 28.8. The summed E-state index contributed by atoms with van der Waals surface area (Å²) in [5.74, 6) is -0.424. The van der Waals surface area contributed by atoms with Gasteiger partial charge in [-0.15, -0.1) is 0 Å². The van der Waals surface area contributed by atoms with Gasteiger partial charge in [0.25, 0.3) is 5.91 Å². The van der Waals surface area contributed by atoms with Crippen molar-refractivity contribution in [2.75, 3.05) is 6.61 Å². The molecule has 0 aromatic heterocycles. The van der Waals surface area contributed by atoms with Gasteiger partial charge < -0.3 is 15.0 Å². The Morgan fingerprint density at radius 1 is 0.944 bits per heavy atom. The Hall–Kier alpha value is -3.67. The van der Waals surface area contributed by atoms with Crippen molar-refractivity contribution < 1.29 is 18.7 Å². The van der Waals surface area contributed by atoms with Crippen molar-refractivity contribution in [3.8, 4) is 5.75 Å². The molecule has 3 aromatic carbocycles. The third-order valence-electron chi connectivity index (χ3n) is 6.62. The number of aryl methyl sites for hydroxylation is 1. The first-order valence-electron chi connectivity index (χ1n) is 12.6. The molecule has 0 unspecified atom stereocenters. The van der Waals surface area contributed by atoms with Crippen LogP contribution in [0.25, 0.3) is 0 Å². The van der Waals surface area contributed by atoms with E-state index in [1.54, 1.807) is 4.90 Å². The lowest BCUT2D eigenvalue weighted by molar-refractivity contribution is -0.143. The van der Waals surface area contributed by atoms with Gasteiger partial charge in [-0.2, -0.15) is 0 Å². The second kappa shape index (κ2) is 12.3. The number of halogens is 1. The highest BCUT2D eigenvalue weighted by Gasteiger charge is 2.32. The molecule has 0 bridgehead atoms. The molecule has 1 fully saturated rings. The molecule has 5 nitrogen and oxygen atoms in total. The summed E-state index contributed by atoms with van der Waals surface area (Å²) in [6.07, 6.45) is 4.53. The van der Waals surface area contributed by atoms with Crippen molar-refractivity contribution in [3.63, 3.8) is 0 Å². The molecule has 1 N–H and O–H groups in total. The lowest BCUT2D eigenvalue weighted by Crippen LogP contribution is -2.53. The van der Waals surface area contributed by atoms with Crippen molar-refractivity contribution >= 4 is 11.8 Å². The minimum absolute atomic E-state index is 0.141. The Balaban J connectivity index is 1.59. The number of benzene rings is 3. The Morgan fingerprint density at radius 2 is 1.61 bits per heavy atom. The third kappa shape index (κ3) is 7.17. The fourth-order valence-corrected chi connectivity index (χ4v) is 4.57. The Kier molecular flexibility index (Phi) is 8.71. The van der Waals surface area contributed by atoms with Crippen molar-refractivity contribution in [2.45, 2.75) is 57.7 Å². The fourth-order valence-electron chi connectivity index (χ4n) is 4.57. The second-order valence-electron chi connectivity index (χ2n) is 9.45. The highest BCUT2D eigenvalue weighted by molar-refractivity contribution is 5.88. The van der Waals surface area contributed by atoms with E-state index >= 15 is 0 Å². The zero-order valence-corrected chi connectivity index (χ0v) is 20.7. The quantitative estimate of drug-likeness (QED) is 0.426. The van der Waals surface area contributed by atoms with E-state index in [2.05, 4.69) is 5.32 Å². The van der Waals surface area contributed by atoms with Crippen LogP contribution in [0.1, 0.15) is 42.4 Å². The van der Waals surface area contributed by atoms with Crippen LogP contribution in [0.15, 0.2) is 78.9 Å². The van der Waals surface area contributed by atoms with Crippen LogP contribution in [0.2, 0.25) is 0 Å². The number of nitrogens with zero attached hydrogens (tertiary/aromatic N) is 1. The average Bonchev–Trinajstić information content (AvgIpc) is 3.40. The van der Waals surface area contributed by atoms with Gasteiger partial charge in [0.2, 0.25) is 5.91 Å². The van der Waals surface area contributed by atoms with E-state index in [0.717, 1.165) is 42.4 Å². The van der Waals surface area contributed by atoms with Gasteiger partial charge in [0.05, 0.1) is 0 Å². The summed E-state index contributed by atoms with van der Waals surface area (Å²) in [7, 11) is 0. The van der Waals surface area contributed by atoms with Crippen molar-refractivity contribution in [3.05, 3.63) is 101 Å². The van der Waals surface area contributed by atoms with Gasteiger partial charge in [0.15, 0.2) is 6.61 Å². The highest BCUT2D eigenvalue weighted by Crippen LogP contribution is 2.20. The number of hydrogen-bond acceptors (Lipinski definition) is 3. The molecule has 0 aliphatic heterocycles. The molecule has 4 rings (SSSR count). The lowest BCUT2D eigenvalue weighted by atomic mass is 10.0. The first-order chi connectivity index (χ1) is 17.5. The van der Waals surface area contributed by atoms with Gasteiger partial charge in [-0.05, 0) is 55.2 Å². The first-order valence-corrected chi connectivity index (χ1v) is 12.6. The third-order valence-corrected chi connectivity index (χ3v) is 6.62. The average molecular weight is 489 g/mol. The summed E-state index contributed by atoms with van der Waals surface area (Å²) in [6.45, 7) is 2.04. The number of carbonyl (C=O) groups excluding carboxylic acids is 2. The zero-order valence-electron chi connectivity index (χ0n) is 20.7. The van der Waals surface area contributed by atoms with Gasteiger partial charge in [-0.3, -0.25) is 9.59 Å². The van der Waals surface area contributed by atoms with Crippen molar-refractivity contribution in [1.82, 2.24) is 10.2 Å². The van der Waals surface area contributed by atoms with E-state index in [1.165, 1.54) is 24.3 Å². The normalized spacial score (nSPS) is 14.3. The summed E-state index contributed by atoms with van der Waals surface area (Å²) in [5, 5.41) is 3.19. The van der Waals surface area contributed by atoms with Gasteiger partial charge in [0.1, 0.15) is 17.6 Å². The maximum absolute atomic E-state index is 13.6. The van der Waals surface area contributed by atoms with Gasteiger partial charge in [0, 0.05) is 19.0 Å². The van der Waals surface area contributed by atoms with Crippen LogP contribution in [-0.4, -0.2) is 35.4 Å². The molecule has 1 aliphatic carbocycles. The van der Waals surface area contributed by atoms with E-state index in [-0.39, 0.29) is 36.8 Å². The predicted octanol–water partition coefficient (Wildman–Crippen LogP) is 5.21. The van der Waals surface area contributed by atoms with Crippen LogP contribution in [0, 0.1) is 12.7 Å². The molecule has 6 heteroatoms. The minimum atomic E-state index is -0.696. The molecular formula is C30H33FN2O3. The topological polar surface area (TPSA) is 58.6 Å². The maximum atomic E-state index is 13.6. The molecule has 36 heavy (non-hydrogen) atoms. The molecule has 3 aromatic rings. The van der Waals surface area contributed by atoms with E-state index in [4.69, 9.17) is 4.74 Å². The van der Waals surface area contributed by atoms with Gasteiger partial charge in [-0.1, -0.05) is 73.0 Å². The van der Waals surface area contributed by atoms with Gasteiger partial charge in [-0.25, -0.2) is 4.39 Å². The number of ether oxygens (including phenoxy) is 1. The Labute approximate surface area is 212 Å². The maximum Gasteiger partial charge on any atom is 0.261 e. The smallest absolute Gasteiger partial charge is 0.261 e. The van der Waals surface area contributed by atoms with Crippen molar-refractivity contribution in [1.29, 1.82) is 0 Å². The fraction of sp³-hybridized carbons (Fsp3) is 0.333. The van der Waals surface area contributed by atoms with Crippen LogP contribution in [0.4, 0.5) is 4.39 Å². The standard InChI is InChI=1S/C30H33FN2O3/c1-22-11-13-24(14-12-22)20-33(29(34)21-36-27-17-15-25(31)16-18-27)28(19-23-7-3-2-4-8-23)30(35)32-26-9-5-6-10-26/h2-4,7-8,11-18,26,28H,5-6,9-10,19-21H2,1H3,(H,32,35)/t28-/m1/s1. The molecule has 2 amide bonds. The molecule has 1 aliphatic rings. The van der Waals surface area contributed by atoms with Crippen molar-refractivity contribution in [2.24, 2.45) is 0 Å². The number of nitrogens with one attached hydrogen (secondary N) is 1. The summed E-state index contributed by atoms with van der Waals surface area (Å²) in [6, 6.07) is 22.7. The van der Waals surface area contributed by atoms with Crippen LogP contribution >= 0.6 is 0 Å². The van der Waals surface area contributed by atoms with Crippen LogP contribution in [0.5, 0.6) is 5.75 Å². The zero-order chi connectivity index (χ0) is 25.3. The molecule has 1 saturated carbocycles.